The molecule has 15 heavy (non-hydrogen) atoms. The SMILES string of the molecule is C#CCC(=C)C(=O)O.C=C(C)C(=O)OC. The number of methoxy groups -OCH3 is 1. The van der Waals surface area contributed by atoms with E-state index in [1.165, 1.54) is 7.11 Å². The predicted molar refractivity (Wildman–Crippen MR) is 57.1 cm³/mol. The van der Waals surface area contributed by atoms with Crippen molar-refractivity contribution in [1.82, 2.24) is 0 Å². The van der Waals surface area contributed by atoms with Crippen molar-refractivity contribution in [2.24, 2.45) is 0 Å². The summed E-state index contributed by atoms with van der Waals surface area (Å²) in [6.45, 7) is 8.16. The van der Waals surface area contributed by atoms with Crippen molar-refractivity contribution >= 4 is 11.9 Å². The van der Waals surface area contributed by atoms with Gasteiger partial charge in [-0.1, -0.05) is 13.2 Å². The molecule has 0 aliphatic rings. The highest BCUT2D eigenvalue weighted by Gasteiger charge is 1.98. The molecule has 0 amide bonds. The minimum Gasteiger partial charge on any atom is -0.478 e. The van der Waals surface area contributed by atoms with Crippen molar-refractivity contribution in [3.8, 4) is 12.3 Å². The van der Waals surface area contributed by atoms with Crippen LogP contribution in [0, 0.1) is 12.3 Å². The van der Waals surface area contributed by atoms with Gasteiger partial charge in [0.2, 0.25) is 0 Å². The summed E-state index contributed by atoms with van der Waals surface area (Å²) in [4.78, 5) is 20.1. The fourth-order valence-electron chi connectivity index (χ4n) is 0.373. The van der Waals surface area contributed by atoms with Crippen molar-refractivity contribution in [3.05, 3.63) is 24.3 Å². The highest BCUT2D eigenvalue weighted by atomic mass is 16.5. The van der Waals surface area contributed by atoms with Gasteiger partial charge in [0.05, 0.1) is 7.11 Å². The topological polar surface area (TPSA) is 63.6 Å². The average molecular weight is 210 g/mol. The van der Waals surface area contributed by atoms with Crippen molar-refractivity contribution in [1.29, 1.82) is 0 Å². The molecule has 0 aromatic heterocycles. The normalized spacial score (nSPS) is 7.53. The van der Waals surface area contributed by atoms with Crippen molar-refractivity contribution in [2.75, 3.05) is 7.11 Å². The standard InChI is InChI=1S/C6H6O2.C5H8O2/c1-3-4-5(2)6(7)8;1-4(2)5(6)7-3/h1H,2,4H2,(H,7,8);1H2,2-3H3. The Morgan fingerprint density at radius 1 is 1.47 bits per heavy atom. The average Bonchev–Trinajstić information content (AvgIpc) is 2.17. The number of carboxylic acids is 1. The number of rotatable bonds is 3. The Labute approximate surface area is 89.2 Å². The molecule has 0 aliphatic carbocycles. The Hall–Kier alpha value is -2.02. The van der Waals surface area contributed by atoms with Gasteiger partial charge in [-0.25, -0.2) is 9.59 Å². The summed E-state index contributed by atoms with van der Waals surface area (Å²) in [6, 6.07) is 0. The molecule has 0 radical (unpaired) electrons. The van der Waals surface area contributed by atoms with Crippen LogP contribution in [0.25, 0.3) is 0 Å². The number of carboxylic acid groups (broad SMARTS) is 1. The number of terminal acetylenes is 1. The first-order chi connectivity index (χ1) is 6.86. The molecule has 0 bridgehead atoms. The molecule has 0 heterocycles. The van der Waals surface area contributed by atoms with Gasteiger partial charge >= 0.3 is 11.9 Å². The number of hydrogen-bond acceptors (Lipinski definition) is 3. The predicted octanol–water partition coefficient (Wildman–Crippen LogP) is 1.39. The van der Waals surface area contributed by atoms with Gasteiger partial charge in [0.1, 0.15) is 0 Å². The van der Waals surface area contributed by atoms with E-state index in [4.69, 9.17) is 11.5 Å². The lowest BCUT2D eigenvalue weighted by Gasteiger charge is -1.91. The van der Waals surface area contributed by atoms with E-state index in [-0.39, 0.29) is 18.0 Å². The molecule has 4 nitrogen and oxygen atoms in total. The van der Waals surface area contributed by atoms with Crippen LogP contribution in [0.1, 0.15) is 13.3 Å². The molecule has 0 aromatic carbocycles. The Kier molecular flexibility index (Phi) is 8.83. The van der Waals surface area contributed by atoms with Gasteiger partial charge in [-0.3, -0.25) is 0 Å². The van der Waals surface area contributed by atoms with Crippen molar-refractivity contribution in [3.63, 3.8) is 0 Å². The van der Waals surface area contributed by atoms with Gasteiger partial charge in [0.25, 0.3) is 0 Å². The summed E-state index contributed by atoms with van der Waals surface area (Å²) in [7, 11) is 1.33. The molecule has 0 atom stereocenters. The van der Waals surface area contributed by atoms with E-state index < -0.39 is 5.97 Å². The number of ether oxygens (including phenoxy) is 1. The van der Waals surface area contributed by atoms with Crippen LogP contribution < -0.4 is 0 Å². The van der Waals surface area contributed by atoms with Crippen LogP contribution in [0.2, 0.25) is 0 Å². The molecule has 0 rings (SSSR count). The van der Waals surface area contributed by atoms with Crippen LogP contribution in [0.5, 0.6) is 0 Å². The van der Waals surface area contributed by atoms with Gasteiger partial charge in [-0.15, -0.1) is 12.3 Å². The highest BCUT2D eigenvalue weighted by Crippen LogP contribution is 1.93. The lowest BCUT2D eigenvalue weighted by molar-refractivity contribution is -0.136. The number of carbonyl (C=O) groups is 2. The summed E-state index contributed by atoms with van der Waals surface area (Å²) in [5.41, 5.74) is 0.495. The Morgan fingerprint density at radius 3 is 2.00 bits per heavy atom. The van der Waals surface area contributed by atoms with Crippen LogP contribution in [-0.2, 0) is 14.3 Å². The Morgan fingerprint density at radius 2 is 1.93 bits per heavy atom. The van der Waals surface area contributed by atoms with Crippen LogP contribution in [0.15, 0.2) is 24.3 Å². The molecule has 0 saturated carbocycles. The van der Waals surface area contributed by atoms with E-state index >= 15 is 0 Å². The van der Waals surface area contributed by atoms with E-state index in [9.17, 15) is 9.59 Å². The van der Waals surface area contributed by atoms with Crippen LogP contribution in [0.3, 0.4) is 0 Å². The van der Waals surface area contributed by atoms with Gasteiger partial charge in [0.15, 0.2) is 0 Å². The summed E-state index contributed by atoms with van der Waals surface area (Å²) in [5, 5.41) is 8.12. The maximum Gasteiger partial charge on any atom is 0.332 e. The molecule has 1 N–H and O–H groups in total. The molecule has 0 saturated heterocycles. The number of aliphatic carboxylic acids is 1. The van der Waals surface area contributed by atoms with E-state index in [0.29, 0.717) is 5.57 Å². The summed E-state index contributed by atoms with van der Waals surface area (Å²) in [5.74, 6) is 0.796. The first-order valence-electron chi connectivity index (χ1n) is 3.95. The number of hydrogen-bond donors (Lipinski definition) is 1. The van der Waals surface area contributed by atoms with E-state index in [1.54, 1.807) is 6.92 Å². The van der Waals surface area contributed by atoms with Gasteiger partial charge in [-0.2, -0.15) is 0 Å². The zero-order valence-corrected chi connectivity index (χ0v) is 8.87. The fourth-order valence-corrected chi connectivity index (χ4v) is 0.373. The number of carbonyl (C=O) groups excluding carboxylic acids is 1. The minimum atomic E-state index is -1.03. The second kappa shape index (κ2) is 8.57. The molecule has 0 unspecified atom stereocenters. The van der Waals surface area contributed by atoms with Crippen LogP contribution in [-0.4, -0.2) is 24.2 Å². The first kappa shape index (κ1) is 15.5. The third-order valence-corrected chi connectivity index (χ3v) is 1.15. The van der Waals surface area contributed by atoms with Crippen LogP contribution in [0.4, 0.5) is 0 Å². The lowest BCUT2D eigenvalue weighted by atomic mass is 10.2. The molecule has 0 fully saturated rings. The van der Waals surface area contributed by atoms with Gasteiger partial charge in [-0.05, 0) is 6.92 Å². The molecule has 82 valence electrons. The zero-order valence-electron chi connectivity index (χ0n) is 8.87. The van der Waals surface area contributed by atoms with Gasteiger partial charge < -0.3 is 9.84 Å². The summed E-state index contributed by atoms with van der Waals surface area (Å²) < 4.78 is 4.27. The maximum absolute atomic E-state index is 10.2. The van der Waals surface area contributed by atoms with Crippen LogP contribution >= 0.6 is 0 Å². The third kappa shape index (κ3) is 9.90. The van der Waals surface area contributed by atoms with Gasteiger partial charge in [0, 0.05) is 17.6 Å². The molecule has 0 aromatic rings. The molecular weight excluding hydrogens is 196 g/mol. The van der Waals surface area contributed by atoms with E-state index in [1.807, 2.05) is 0 Å². The molecule has 4 heteroatoms. The maximum atomic E-state index is 10.2. The minimum absolute atomic E-state index is 0.0625. The van der Waals surface area contributed by atoms with E-state index in [0.717, 1.165) is 0 Å². The summed E-state index contributed by atoms with van der Waals surface area (Å²) in [6.07, 6.45) is 4.91. The largest absolute Gasteiger partial charge is 0.478 e. The molecule has 0 aliphatic heterocycles. The zero-order chi connectivity index (χ0) is 12.4. The lowest BCUT2D eigenvalue weighted by Crippen LogP contribution is -1.98. The smallest absolute Gasteiger partial charge is 0.332 e. The van der Waals surface area contributed by atoms with Crippen molar-refractivity contribution < 1.29 is 19.4 Å². The monoisotopic (exact) mass is 210 g/mol. The van der Waals surface area contributed by atoms with E-state index in [2.05, 4.69) is 23.8 Å². The fraction of sp³-hybridized carbons (Fsp3) is 0.273. The second-order valence-electron chi connectivity index (χ2n) is 2.56. The summed E-state index contributed by atoms with van der Waals surface area (Å²) >= 11 is 0. The first-order valence-corrected chi connectivity index (χ1v) is 3.95. The van der Waals surface area contributed by atoms with Crippen molar-refractivity contribution in [2.45, 2.75) is 13.3 Å². The Bertz CT molecular complexity index is 307. The third-order valence-electron chi connectivity index (χ3n) is 1.15. The molecular formula is C11H14O4. The number of esters is 1. The molecule has 0 spiro atoms. The highest BCUT2D eigenvalue weighted by molar-refractivity contribution is 5.86. The Balaban J connectivity index is 0. The quantitative estimate of drug-likeness (QED) is 0.434. The second-order valence-corrected chi connectivity index (χ2v) is 2.56.